The molecule has 2 aromatic rings. The first-order chi connectivity index (χ1) is 16.9. The van der Waals surface area contributed by atoms with Crippen molar-refractivity contribution in [2.24, 2.45) is 0 Å². The molecule has 35 heavy (non-hydrogen) atoms. The van der Waals surface area contributed by atoms with E-state index in [0.29, 0.717) is 48.9 Å². The average Bonchev–Trinajstić information content (AvgIpc) is 3.11. The van der Waals surface area contributed by atoms with Crippen LogP contribution in [0.3, 0.4) is 0 Å². The summed E-state index contributed by atoms with van der Waals surface area (Å²) in [5.74, 6) is -0.332. The average molecular weight is 481 g/mol. The molecule has 7 heteroatoms. The van der Waals surface area contributed by atoms with E-state index >= 15 is 0 Å². The Kier molecular flexibility index (Phi) is 8.93. The predicted molar refractivity (Wildman–Crippen MR) is 137 cm³/mol. The molecule has 1 amide bonds. The van der Waals surface area contributed by atoms with Crippen LogP contribution in [-0.2, 0) is 9.59 Å². The van der Waals surface area contributed by atoms with Crippen molar-refractivity contribution in [3.05, 3.63) is 64.7 Å². The molecule has 2 aromatic carbocycles. The molecule has 0 saturated carbocycles. The molecule has 0 aliphatic carbocycles. The molecular weight excluding hydrogens is 444 g/mol. The van der Waals surface area contributed by atoms with E-state index in [2.05, 4.69) is 18.7 Å². The van der Waals surface area contributed by atoms with Gasteiger partial charge in [0, 0.05) is 18.7 Å². The van der Waals surface area contributed by atoms with Crippen molar-refractivity contribution < 1.29 is 24.2 Å². The molecule has 0 aromatic heterocycles. The van der Waals surface area contributed by atoms with Gasteiger partial charge >= 0.3 is 0 Å². The number of aliphatic hydroxyl groups excluding tert-OH is 1. The summed E-state index contributed by atoms with van der Waals surface area (Å²) in [4.78, 5) is 30.2. The number of nitrogens with zero attached hydrogens (tertiary/aromatic N) is 2. The number of hydrogen-bond acceptors (Lipinski definition) is 6. The molecule has 1 aliphatic heterocycles. The second-order valence-electron chi connectivity index (χ2n) is 8.46. The van der Waals surface area contributed by atoms with Gasteiger partial charge in [-0.05, 0) is 51.6 Å². The highest BCUT2D eigenvalue weighted by Gasteiger charge is 2.46. The number of carbonyl (C=O) groups is 2. The first kappa shape index (κ1) is 26.3. The maximum Gasteiger partial charge on any atom is 0.295 e. The fourth-order valence-corrected chi connectivity index (χ4v) is 4.35. The van der Waals surface area contributed by atoms with Crippen molar-refractivity contribution in [2.45, 2.75) is 40.7 Å². The zero-order valence-electron chi connectivity index (χ0n) is 21.3. The summed E-state index contributed by atoms with van der Waals surface area (Å²) in [5, 5.41) is 11.2. The number of ether oxygens (including phenoxy) is 2. The quantitative estimate of drug-likeness (QED) is 0.289. The summed E-state index contributed by atoms with van der Waals surface area (Å²) in [6.07, 6.45) is 0. The number of likely N-dealkylation sites (tertiary alicyclic amines) is 1. The normalized spacial score (nSPS) is 17.3. The molecule has 3 rings (SSSR count). The predicted octanol–water partition coefficient (Wildman–Crippen LogP) is 4.56. The maximum absolute atomic E-state index is 13.3. The van der Waals surface area contributed by atoms with Crippen molar-refractivity contribution in [3.63, 3.8) is 0 Å². The van der Waals surface area contributed by atoms with Gasteiger partial charge in [0.25, 0.3) is 11.7 Å². The third kappa shape index (κ3) is 5.68. The second-order valence-corrected chi connectivity index (χ2v) is 8.46. The van der Waals surface area contributed by atoms with Crippen LogP contribution in [0.2, 0.25) is 0 Å². The van der Waals surface area contributed by atoms with E-state index in [4.69, 9.17) is 9.47 Å². The first-order valence-corrected chi connectivity index (χ1v) is 12.3. The van der Waals surface area contributed by atoms with E-state index in [0.717, 1.165) is 18.7 Å². The van der Waals surface area contributed by atoms with Crippen molar-refractivity contribution in [2.75, 3.05) is 39.4 Å². The van der Waals surface area contributed by atoms with Crippen LogP contribution >= 0.6 is 0 Å². The summed E-state index contributed by atoms with van der Waals surface area (Å²) >= 11 is 0. The van der Waals surface area contributed by atoms with Crippen LogP contribution in [0.4, 0.5) is 0 Å². The number of carbonyl (C=O) groups excluding carboxylic acids is 2. The first-order valence-electron chi connectivity index (χ1n) is 12.3. The lowest BCUT2D eigenvalue weighted by Crippen LogP contribution is -2.38. The Bertz CT molecular complexity index is 1070. The van der Waals surface area contributed by atoms with E-state index in [1.54, 1.807) is 29.2 Å². The Morgan fingerprint density at radius 1 is 0.943 bits per heavy atom. The Balaban J connectivity index is 2.14. The Hall–Kier alpha value is -3.32. The van der Waals surface area contributed by atoms with Crippen LogP contribution < -0.4 is 9.47 Å². The van der Waals surface area contributed by atoms with Gasteiger partial charge in [0.05, 0.1) is 24.8 Å². The van der Waals surface area contributed by atoms with Gasteiger partial charge in [-0.2, -0.15) is 0 Å². The zero-order valence-corrected chi connectivity index (χ0v) is 21.3. The number of ketones is 1. The highest BCUT2D eigenvalue weighted by molar-refractivity contribution is 6.46. The summed E-state index contributed by atoms with van der Waals surface area (Å²) in [5.41, 5.74) is 2.30. The number of Topliss-reactive ketones (excluding diaryl/α,β-unsaturated/α-hetero) is 1. The smallest absolute Gasteiger partial charge is 0.295 e. The van der Waals surface area contributed by atoms with Gasteiger partial charge < -0.3 is 24.4 Å². The van der Waals surface area contributed by atoms with Crippen LogP contribution in [0.5, 0.6) is 11.5 Å². The molecule has 7 nitrogen and oxygen atoms in total. The van der Waals surface area contributed by atoms with Gasteiger partial charge in [-0.1, -0.05) is 49.7 Å². The summed E-state index contributed by atoms with van der Waals surface area (Å²) < 4.78 is 11.5. The number of aryl methyl sites for hydroxylation is 1. The summed E-state index contributed by atoms with van der Waals surface area (Å²) in [7, 11) is 0. The Morgan fingerprint density at radius 3 is 2.17 bits per heavy atom. The molecule has 1 aliphatic rings. The van der Waals surface area contributed by atoms with Crippen LogP contribution in [-0.4, -0.2) is 66.0 Å². The lowest BCUT2D eigenvalue weighted by atomic mass is 9.94. The molecule has 0 bridgehead atoms. The molecule has 1 heterocycles. The topological polar surface area (TPSA) is 79.3 Å². The third-order valence-electron chi connectivity index (χ3n) is 6.30. The number of benzene rings is 2. The highest BCUT2D eigenvalue weighted by Crippen LogP contribution is 2.42. The van der Waals surface area contributed by atoms with Gasteiger partial charge in [0.1, 0.15) is 5.76 Å². The molecule has 0 radical (unpaired) electrons. The van der Waals surface area contributed by atoms with Crippen molar-refractivity contribution in [1.29, 1.82) is 0 Å². The minimum absolute atomic E-state index is 0.0880. The van der Waals surface area contributed by atoms with E-state index in [1.807, 2.05) is 39.0 Å². The molecule has 1 saturated heterocycles. The number of amides is 1. The van der Waals surface area contributed by atoms with Crippen molar-refractivity contribution >= 4 is 17.4 Å². The monoisotopic (exact) mass is 480 g/mol. The molecule has 188 valence electrons. The minimum Gasteiger partial charge on any atom is -0.507 e. The van der Waals surface area contributed by atoms with Crippen LogP contribution in [0.1, 0.15) is 50.4 Å². The number of aliphatic hydroxyl groups is 1. The molecule has 1 unspecified atom stereocenters. The highest BCUT2D eigenvalue weighted by atomic mass is 16.5. The number of rotatable bonds is 11. The van der Waals surface area contributed by atoms with Gasteiger partial charge in [-0.3, -0.25) is 9.59 Å². The SMILES string of the molecule is CCOc1ccc(C2/C(=C(/O)c3ccc(C)cc3)C(=O)C(=O)N2CCN(CC)CC)cc1OCC. The van der Waals surface area contributed by atoms with E-state index in [1.165, 1.54) is 0 Å². The summed E-state index contributed by atoms with van der Waals surface area (Å²) in [6.45, 7) is 13.4. The van der Waals surface area contributed by atoms with Gasteiger partial charge in [-0.15, -0.1) is 0 Å². The molecule has 1 N–H and O–H groups in total. The number of likely N-dealkylation sites (N-methyl/N-ethyl adjacent to an activating group) is 1. The minimum atomic E-state index is -0.734. The lowest BCUT2D eigenvalue weighted by molar-refractivity contribution is -0.140. The van der Waals surface area contributed by atoms with Gasteiger partial charge in [0.2, 0.25) is 0 Å². The second kappa shape index (κ2) is 11.9. The molecular formula is C28H36N2O5. The van der Waals surface area contributed by atoms with Gasteiger partial charge in [0.15, 0.2) is 11.5 Å². The Morgan fingerprint density at radius 2 is 1.57 bits per heavy atom. The van der Waals surface area contributed by atoms with E-state index in [-0.39, 0.29) is 11.3 Å². The molecule has 0 spiro atoms. The molecule has 1 fully saturated rings. The van der Waals surface area contributed by atoms with Gasteiger partial charge in [-0.25, -0.2) is 0 Å². The number of hydrogen-bond donors (Lipinski definition) is 1. The van der Waals surface area contributed by atoms with Crippen LogP contribution in [0.15, 0.2) is 48.0 Å². The van der Waals surface area contributed by atoms with Crippen molar-refractivity contribution in [1.82, 2.24) is 9.80 Å². The maximum atomic E-state index is 13.3. The van der Waals surface area contributed by atoms with E-state index in [9.17, 15) is 14.7 Å². The third-order valence-corrected chi connectivity index (χ3v) is 6.30. The standard InChI is InChI=1S/C28H36N2O5/c1-6-29(7-2)16-17-30-25(21-14-15-22(34-8-3)23(18-21)35-9-4)24(27(32)28(30)33)26(31)20-12-10-19(5)11-13-20/h10-15,18,25,31H,6-9,16-17H2,1-5H3/b26-24-. The van der Waals surface area contributed by atoms with Crippen LogP contribution in [0, 0.1) is 6.92 Å². The fourth-order valence-electron chi connectivity index (χ4n) is 4.35. The van der Waals surface area contributed by atoms with Crippen LogP contribution in [0.25, 0.3) is 5.76 Å². The fraction of sp³-hybridized carbons (Fsp3) is 0.429. The van der Waals surface area contributed by atoms with Crippen molar-refractivity contribution in [3.8, 4) is 11.5 Å². The van der Waals surface area contributed by atoms with E-state index < -0.39 is 17.7 Å². The lowest BCUT2D eigenvalue weighted by Gasteiger charge is -2.28. The molecule has 1 atom stereocenters. The Labute approximate surface area is 207 Å². The summed E-state index contributed by atoms with van der Waals surface area (Å²) in [6, 6.07) is 11.9. The zero-order chi connectivity index (χ0) is 25.5. The largest absolute Gasteiger partial charge is 0.507 e.